The number of aryl methyl sites for hydroxylation is 1. The molecule has 0 bridgehead atoms. The number of nitrogens with zero attached hydrogens (tertiary/aromatic N) is 2. The summed E-state index contributed by atoms with van der Waals surface area (Å²) in [6.45, 7) is 3.09. The van der Waals surface area contributed by atoms with E-state index in [2.05, 4.69) is 4.98 Å². The Hall–Kier alpha value is -3.93. The van der Waals surface area contributed by atoms with Crippen LogP contribution in [-0.2, 0) is 19.6 Å². The highest BCUT2D eigenvalue weighted by Gasteiger charge is 2.18. The predicted octanol–water partition coefficient (Wildman–Crippen LogP) is 3.55. The Bertz CT molecular complexity index is 1280. The molecule has 4 rings (SSSR count). The van der Waals surface area contributed by atoms with E-state index in [0.717, 1.165) is 11.1 Å². The number of H-pyrrole nitrogens is 1. The Morgan fingerprint density at radius 1 is 0.871 bits per heavy atom. The molecule has 0 saturated heterocycles. The van der Waals surface area contributed by atoms with Crippen molar-refractivity contribution in [1.29, 1.82) is 0 Å². The minimum absolute atomic E-state index is 0.148. The summed E-state index contributed by atoms with van der Waals surface area (Å²) in [6, 6.07) is 24.7. The first-order valence-corrected chi connectivity index (χ1v) is 10.2. The summed E-state index contributed by atoms with van der Waals surface area (Å²) >= 11 is 0. The lowest BCUT2D eigenvalue weighted by molar-refractivity contribution is 0.0730. The zero-order chi connectivity index (χ0) is 21.8. The first kappa shape index (κ1) is 20.3. The quantitative estimate of drug-likeness (QED) is 0.491. The molecule has 0 aliphatic rings. The first-order chi connectivity index (χ1) is 15.1. The third-order valence-electron chi connectivity index (χ3n) is 5.26. The number of hydrogen-bond acceptors (Lipinski definition) is 3. The van der Waals surface area contributed by atoms with Crippen molar-refractivity contribution in [2.24, 2.45) is 0 Å². The fourth-order valence-electron chi connectivity index (χ4n) is 3.72. The van der Waals surface area contributed by atoms with Crippen LogP contribution in [0.5, 0.6) is 0 Å². The lowest BCUT2D eigenvalue weighted by Gasteiger charge is -2.23. The van der Waals surface area contributed by atoms with E-state index >= 15 is 0 Å². The fourth-order valence-corrected chi connectivity index (χ4v) is 3.72. The molecular formula is C25H23N3O3. The molecule has 0 aliphatic carbocycles. The molecule has 1 heterocycles. The molecule has 0 radical (unpaired) electrons. The Morgan fingerprint density at radius 2 is 1.45 bits per heavy atom. The highest BCUT2D eigenvalue weighted by atomic mass is 16.2. The van der Waals surface area contributed by atoms with Crippen molar-refractivity contribution in [3.05, 3.63) is 116 Å². The lowest BCUT2D eigenvalue weighted by Crippen LogP contribution is -2.36. The predicted molar refractivity (Wildman–Crippen MR) is 121 cm³/mol. The Kier molecular flexibility index (Phi) is 5.80. The van der Waals surface area contributed by atoms with E-state index in [1.165, 1.54) is 4.57 Å². The van der Waals surface area contributed by atoms with Gasteiger partial charge in [-0.25, -0.2) is 0 Å². The zero-order valence-corrected chi connectivity index (χ0v) is 17.2. The van der Waals surface area contributed by atoms with E-state index in [9.17, 15) is 14.4 Å². The van der Waals surface area contributed by atoms with Crippen molar-refractivity contribution in [3.8, 4) is 0 Å². The maximum Gasteiger partial charge on any atom is 0.316 e. The maximum atomic E-state index is 13.5. The van der Waals surface area contributed by atoms with Gasteiger partial charge in [0.1, 0.15) is 0 Å². The topological polar surface area (TPSA) is 75.2 Å². The molecule has 156 valence electrons. The van der Waals surface area contributed by atoms with E-state index in [1.54, 1.807) is 30.0 Å². The monoisotopic (exact) mass is 413 g/mol. The number of carbonyl (C=O) groups excluding carboxylic acids is 1. The van der Waals surface area contributed by atoms with E-state index in [1.807, 2.05) is 60.7 Å². The number of amides is 1. The van der Waals surface area contributed by atoms with Crippen molar-refractivity contribution in [2.45, 2.75) is 26.6 Å². The lowest BCUT2D eigenvalue weighted by atomic mass is 10.1. The summed E-state index contributed by atoms with van der Waals surface area (Å²) in [4.78, 5) is 42.0. The average molecular weight is 413 g/mol. The van der Waals surface area contributed by atoms with Gasteiger partial charge >= 0.3 is 11.1 Å². The minimum Gasteiger partial charge on any atom is -0.330 e. The van der Waals surface area contributed by atoms with Gasteiger partial charge in [-0.2, -0.15) is 0 Å². The Labute approximate surface area is 179 Å². The van der Waals surface area contributed by atoms with Crippen LogP contribution < -0.4 is 11.1 Å². The zero-order valence-electron chi connectivity index (χ0n) is 17.2. The van der Waals surface area contributed by atoms with Gasteiger partial charge in [0.15, 0.2) is 0 Å². The molecule has 4 aromatic rings. The molecule has 1 aromatic heterocycles. The van der Waals surface area contributed by atoms with E-state index in [-0.39, 0.29) is 5.91 Å². The van der Waals surface area contributed by atoms with Crippen LogP contribution in [-0.4, -0.2) is 20.4 Å². The van der Waals surface area contributed by atoms with Crippen LogP contribution in [0.15, 0.2) is 88.5 Å². The van der Waals surface area contributed by atoms with Gasteiger partial charge in [0.25, 0.3) is 5.91 Å². The highest BCUT2D eigenvalue weighted by molar-refractivity contribution is 5.97. The number of nitrogens with one attached hydrogen (secondary N) is 1. The number of benzene rings is 3. The second-order valence-electron chi connectivity index (χ2n) is 7.37. The van der Waals surface area contributed by atoms with Gasteiger partial charge in [-0.3, -0.25) is 14.4 Å². The number of carbonyl (C=O) groups is 1. The number of aromatic amines is 1. The summed E-state index contributed by atoms with van der Waals surface area (Å²) in [5.41, 5.74) is 2.30. The molecule has 0 unspecified atom stereocenters. The van der Waals surface area contributed by atoms with Crippen molar-refractivity contribution in [1.82, 2.24) is 14.5 Å². The number of aromatic nitrogens is 2. The van der Waals surface area contributed by atoms with Crippen LogP contribution in [0.4, 0.5) is 0 Å². The molecule has 0 atom stereocenters. The maximum absolute atomic E-state index is 13.5. The van der Waals surface area contributed by atoms with Gasteiger partial charge < -0.3 is 14.5 Å². The van der Waals surface area contributed by atoms with Gasteiger partial charge in [-0.05, 0) is 36.2 Å². The highest BCUT2D eigenvalue weighted by Crippen LogP contribution is 2.17. The third kappa shape index (κ3) is 4.33. The molecule has 6 nitrogen and oxygen atoms in total. The van der Waals surface area contributed by atoms with Crippen molar-refractivity contribution >= 4 is 16.9 Å². The van der Waals surface area contributed by atoms with E-state index in [4.69, 9.17) is 0 Å². The molecule has 0 saturated carbocycles. The van der Waals surface area contributed by atoms with Crippen LogP contribution in [0.1, 0.15) is 28.4 Å². The largest absolute Gasteiger partial charge is 0.330 e. The van der Waals surface area contributed by atoms with Crippen molar-refractivity contribution in [2.75, 3.05) is 0 Å². The van der Waals surface area contributed by atoms with Crippen LogP contribution in [0.25, 0.3) is 11.0 Å². The summed E-state index contributed by atoms with van der Waals surface area (Å²) < 4.78 is 1.41. The number of hydrogen-bond donors (Lipinski definition) is 1. The Morgan fingerprint density at radius 3 is 2.00 bits per heavy atom. The van der Waals surface area contributed by atoms with Gasteiger partial charge in [0.2, 0.25) is 0 Å². The summed E-state index contributed by atoms with van der Waals surface area (Å²) in [5.74, 6) is -0.148. The van der Waals surface area contributed by atoms with Gasteiger partial charge in [0.05, 0.1) is 11.0 Å². The summed E-state index contributed by atoms with van der Waals surface area (Å²) in [6.07, 6.45) is 0. The standard InChI is InChI=1S/C25H23N3O3/c1-2-28-22-14-13-20(15-21(22)26-23(29)25(28)31)24(30)27(16-18-9-5-3-6-10-18)17-19-11-7-4-8-12-19/h3-15H,2,16-17H2,1H3,(H,26,29). The molecular weight excluding hydrogens is 390 g/mol. The Balaban J connectivity index is 1.73. The summed E-state index contributed by atoms with van der Waals surface area (Å²) in [7, 11) is 0. The minimum atomic E-state index is -0.690. The van der Waals surface area contributed by atoms with Gasteiger partial charge in [-0.15, -0.1) is 0 Å². The molecule has 1 N–H and O–H groups in total. The number of rotatable bonds is 6. The van der Waals surface area contributed by atoms with Gasteiger partial charge in [-0.1, -0.05) is 60.7 Å². The third-order valence-corrected chi connectivity index (χ3v) is 5.26. The molecule has 0 fully saturated rings. The van der Waals surface area contributed by atoms with Crippen molar-refractivity contribution < 1.29 is 4.79 Å². The molecule has 3 aromatic carbocycles. The summed E-state index contributed by atoms with van der Waals surface area (Å²) in [5, 5.41) is 0. The SMILES string of the molecule is CCn1c(=O)c(=O)[nH]c2cc(C(=O)N(Cc3ccccc3)Cc3ccccc3)ccc21. The molecule has 31 heavy (non-hydrogen) atoms. The second kappa shape index (κ2) is 8.83. The average Bonchev–Trinajstić information content (AvgIpc) is 2.80. The number of fused-ring (bicyclic) bond motifs is 1. The normalized spacial score (nSPS) is 10.9. The van der Waals surface area contributed by atoms with Crippen LogP contribution in [0.2, 0.25) is 0 Å². The fraction of sp³-hybridized carbons (Fsp3) is 0.160. The molecule has 0 aliphatic heterocycles. The van der Waals surface area contributed by atoms with E-state index in [0.29, 0.717) is 36.2 Å². The molecule has 0 spiro atoms. The van der Waals surface area contributed by atoms with Crippen LogP contribution >= 0.6 is 0 Å². The smallest absolute Gasteiger partial charge is 0.316 e. The second-order valence-corrected chi connectivity index (χ2v) is 7.37. The van der Waals surface area contributed by atoms with Crippen LogP contribution in [0, 0.1) is 0 Å². The molecule has 1 amide bonds. The first-order valence-electron chi connectivity index (χ1n) is 10.2. The van der Waals surface area contributed by atoms with Crippen molar-refractivity contribution in [3.63, 3.8) is 0 Å². The molecule has 6 heteroatoms. The van der Waals surface area contributed by atoms with Crippen LogP contribution in [0.3, 0.4) is 0 Å². The van der Waals surface area contributed by atoms with Gasteiger partial charge in [0, 0.05) is 25.2 Å². The van der Waals surface area contributed by atoms with E-state index < -0.39 is 11.1 Å².